The molecule has 4 heterocycles. The van der Waals surface area contributed by atoms with Crippen LogP contribution in [0.4, 0.5) is 27.6 Å². The fraction of sp³-hybridized carbons (Fsp3) is 0.500. The van der Waals surface area contributed by atoms with Gasteiger partial charge < -0.3 is 10.0 Å². The van der Waals surface area contributed by atoms with Crippen molar-refractivity contribution < 1.29 is 31.9 Å². The van der Waals surface area contributed by atoms with E-state index in [0.29, 0.717) is 60.9 Å². The van der Waals surface area contributed by atoms with Gasteiger partial charge in [-0.25, -0.2) is 13.8 Å². The molecule has 2 aromatic heterocycles. The van der Waals surface area contributed by atoms with Gasteiger partial charge in [-0.05, 0) is 51.0 Å². The molecule has 232 valence electrons. The molecule has 1 N–H and O–H groups in total. The number of likely N-dealkylation sites (tertiary alicyclic amines) is 1. The van der Waals surface area contributed by atoms with E-state index in [-0.39, 0.29) is 41.9 Å². The fourth-order valence-electron chi connectivity index (χ4n) is 5.88. The van der Waals surface area contributed by atoms with E-state index in [2.05, 4.69) is 28.7 Å². The molecule has 0 unspecified atom stereocenters. The number of piperazine rings is 1. The molecule has 7 nitrogen and oxygen atoms in total. The summed E-state index contributed by atoms with van der Waals surface area (Å²) in [6.45, 7) is 7.34. The van der Waals surface area contributed by atoms with Crippen LogP contribution in [-0.2, 0) is 23.9 Å². The number of hydrogen-bond donors (Lipinski definition) is 1. The number of halogens is 5. The minimum Gasteiger partial charge on any atom is -0.481 e. The second-order valence-corrected chi connectivity index (χ2v) is 12.5. The van der Waals surface area contributed by atoms with Crippen molar-refractivity contribution in [3.05, 3.63) is 63.2 Å². The third-order valence-electron chi connectivity index (χ3n) is 8.32. The Balaban J connectivity index is 1.42. The maximum Gasteiger partial charge on any atom is 0.416 e. The van der Waals surface area contributed by atoms with Crippen LogP contribution in [0.2, 0.25) is 0 Å². The lowest BCUT2D eigenvalue weighted by Crippen LogP contribution is -2.47. The van der Waals surface area contributed by atoms with Gasteiger partial charge in [-0.15, -0.1) is 11.3 Å². The highest BCUT2D eigenvalue weighted by atomic mass is 32.1. The van der Waals surface area contributed by atoms with Gasteiger partial charge in [0.1, 0.15) is 5.82 Å². The molecule has 2 aliphatic heterocycles. The number of rotatable bonds is 9. The fourth-order valence-corrected chi connectivity index (χ4v) is 6.98. The Labute approximate surface area is 251 Å². The molecular weight excluding hydrogens is 589 g/mol. The molecule has 1 aromatic carbocycles. The summed E-state index contributed by atoms with van der Waals surface area (Å²) in [5.74, 6) is -2.35. The molecule has 0 aliphatic carbocycles. The predicted octanol–water partition coefficient (Wildman–Crippen LogP) is 6.06. The Bertz CT molecular complexity index is 1450. The number of hydrogen-bond acceptors (Lipinski definition) is 7. The van der Waals surface area contributed by atoms with Crippen molar-refractivity contribution >= 4 is 23.0 Å². The molecule has 2 atom stereocenters. The number of aliphatic carboxylic acids is 1. The lowest BCUT2D eigenvalue weighted by Gasteiger charge is -2.36. The first-order valence-electron chi connectivity index (χ1n) is 14.3. The molecule has 0 spiro atoms. The van der Waals surface area contributed by atoms with Crippen molar-refractivity contribution in [2.45, 2.75) is 64.3 Å². The number of benzene rings is 1. The summed E-state index contributed by atoms with van der Waals surface area (Å²) >= 11 is 1.29. The van der Waals surface area contributed by atoms with Gasteiger partial charge in [0.2, 0.25) is 0 Å². The molecule has 2 fully saturated rings. The van der Waals surface area contributed by atoms with E-state index in [1.54, 1.807) is 6.07 Å². The van der Waals surface area contributed by atoms with Crippen LogP contribution in [0.3, 0.4) is 0 Å². The molecule has 5 rings (SSSR count). The Morgan fingerprint density at radius 3 is 2.42 bits per heavy atom. The average molecular weight is 624 g/mol. The largest absolute Gasteiger partial charge is 0.481 e. The number of thiazole rings is 1. The predicted molar refractivity (Wildman–Crippen MR) is 154 cm³/mol. The number of nitrogens with zero attached hydrogens (tertiary/aromatic N) is 5. The first kappa shape index (κ1) is 31.3. The summed E-state index contributed by atoms with van der Waals surface area (Å²) in [5, 5.41) is 9.41. The molecule has 0 radical (unpaired) electrons. The Hall–Kier alpha value is -3.16. The van der Waals surface area contributed by atoms with E-state index in [1.807, 2.05) is 9.80 Å². The summed E-state index contributed by atoms with van der Waals surface area (Å²) in [6, 6.07) is 4.59. The molecule has 43 heavy (non-hydrogen) atoms. The average Bonchev–Trinajstić information content (AvgIpc) is 3.50. The highest BCUT2D eigenvalue weighted by molar-refractivity contribution is 7.12. The molecular formula is C30H34F5N5O2S. The van der Waals surface area contributed by atoms with E-state index in [1.165, 1.54) is 17.5 Å². The van der Waals surface area contributed by atoms with Gasteiger partial charge in [0.25, 0.3) is 0 Å². The maximum absolute atomic E-state index is 15.8. The molecule has 0 saturated carbocycles. The summed E-state index contributed by atoms with van der Waals surface area (Å²) in [6.07, 6.45) is -1.12. The molecule has 0 amide bonds. The highest BCUT2D eigenvalue weighted by Gasteiger charge is 2.33. The summed E-state index contributed by atoms with van der Waals surface area (Å²) < 4.78 is 70.8. The first-order chi connectivity index (χ1) is 20.4. The van der Waals surface area contributed by atoms with Crippen LogP contribution in [0, 0.1) is 11.6 Å². The second kappa shape index (κ2) is 12.8. The standard InChI is InChI=1S/C30H34F5N5O2S/c1-18-3-4-19(2)40(18)17-25-29(20-13-21(30(33,34)35)15-22(31)14-20)37-26(43-25)16-23-28(32)24(5-7-36-23)39-11-9-38(10-12-39)8-6-27(41)42/h5,7,13-15,18-19H,3-4,6,8-12,16-17H2,1-2H3,(H,41,42)/t18-,19-/m1/s1. The van der Waals surface area contributed by atoms with Crippen molar-refractivity contribution in [3.63, 3.8) is 0 Å². The van der Waals surface area contributed by atoms with Crippen molar-refractivity contribution in [2.24, 2.45) is 0 Å². The van der Waals surface area contributed by atoms with Crippen molar-refractivity contribution in [1.82, 2.24) is 19.8 Å². The zero-order valence-electron chi connectivity index (χ0n) is 24.0. The summed E-state index contributed by atoms with van der Waals surface area (Å²) in [5.41, 5.74) is -0.234. The first-order valence-corrected chi connectivity index (χ1v) is 15.2. The number of aromatic nitrogens is 2. The third-order valence-corrected chi connectivity index (χ3v) is 9.36. The Morgan fingerprint density at radius 2 is 1.77 bits per heavy atom. The van der Waals surface area contributed by atoms with E-state index in [4.69, 9.17) is 5.11 Å². The van der Waals surface area contributed by atoms with Crippen LogP contribution in [0.5, 0.6) is 0 Å². The van der Waals surface area contributed by atoms with E-state index in [9.17, 15) is 22.4 Å². The minimum absolute atomic E-state index is 0.0302. The molecule has 0 bridgehead atoms. The lowest BCUT2D eigenvalue weighted by molar-refractivity contribution is -0.138. The maximum atomic E-state index is 15.8. The topological polar surface area (TPSA) is 72.8 Å². The van der Waals surface area contributed by atoms with Gasteiger partial charge in [0.05, 0.1) is 34.1 Å². The Morgan fingerprint density at radius 1 is 1.07 bits per heavy atom. The molecule has 2 saturated heterocycles. The molecule has 2 aliphatic rings. The number of pyridine rings is 1. The van der Waals surface area contributed by atoms with Crippen LogP contribution in [0.1, 0.15) is 54.3 Å². The van der Waals surface area contributed by atoms with Crippen molar-refractivity contribution in [1.29, 1.82) is 0 Å². The van der Waals surface area contributed by atoms with Gasteiger partial charge in [-0.1, -0.05) is 0 Å². The highest BCUT2D eigenvalue weighted by Crippen LogP contribution is 2.38. The monoisotopic (exact) mass is 623 g/mol. The van der Waals surface area contributed by atoms with Gasteiger partial charge in [0, 0.05) is 74.4 Å². The quantitative estimate of drug-likeness (QED) is 0.291. The number of carboxylic acids is 1. The van der Waals surface area contributed by atoms with Gasteiger partial charge in [-0.3, -0.25) is 19.6 Å². The van der Waals surface area contributed by atoms with Crippen molar-refractivity contribution in [2.75, 3.05) is 37.6 Å². The van der Waals surface area contributed by atoms with Crippen LogP contribution in [-0.4, -0.2) is 75.7 Å². The Kier molecular flexibility index (Phi) is 9.33. The van der Waals surface area contributed by atoms with E-state index >= 15 is 4.39 Å². The number of carbonyl (C=O) groups is 1. The third kappa shape index (κ3) is 7.32. The van der Waals surface area contributed by atoms with Crippen LogP contribution in [0.15, 0.2) is 30.5 Å². The number of anilines is 1. The zero-order valence-corrected chi connectivity index (χ0v) is 24.8. The van der Waals surface area contributed by atoms with Crippen LogP contribution < -0.4 is 4.90 Å². The van der Waals surface area contributed by atoms with Gasteiger partial charge in [0.15, 0.2) is 5.82 Å². The minimum atomic E-state index is -4.72. The smallest absolute Gasteiger partial charge is 0.416 e. The number of carboxylic acid groups (broad SMARTS) is 1. The normalized spacial score (nSPS) is 20.2. The second-order valence-electron chi connectivity index (χ2n) is 11.3. The summed E-state index contributed by atoms with van der Waals surface area (Å²) in [4.78, 5) is 26.7. The van der Waals surface area contributed by atoms with Crippen LogP contribution in [0.25, 0.3) is 11.3 Å². The van der Waals surface area contributed by atoms with E-state index < -0.39 is 29.3 Å². The zero-order chi connectivity index (χ0) is 30.9. The van der Waals surface area contributed by atoms with Crippen LogP contribution >= 0.6 is 11.3 Å². The van der Waals surface area contributed by atoms with Gasteiger partial charge in [-0.2, -0.15) is 13.2 Å². The molecule has 13 heteroatoms. The lowest BCUT2D eigenvalue weighted by atomic mass is 10.1. The molecule has 3 aromatic rings. The SMILES string of the molecule is C[C@@H]1CC[C@@H](C)N1Cc1sc(Cc2nccc(N3CCN(CCC(=O)O)CC3)c2F)nc1-c1cc(F)cc(C(F)(F)F)c1. The van der Waals surface area contributed by atoms with Crippen molar-refractivity contribution in [3.8, 4) is 11.3 Å². The van der Waals surface area contributed by atoms with Gasteiger partial charge >= 0.3 is 12.1 Å². The summed E-state index contributed by atoms with van der Waals surface area (Å²) in [7, 11) is 0. The van der Waals surface area contributed by atoms with E-state index in [0.717, 1.165) is 25.0 Å². The number of alkyl halides is 3.